The smallest absolute Gasteiger partial charge is 0.0187 e. The topological polar surface area (TPSA) is 0 Å². The standard InChI is InChI=1S/C18H26/c1-4-17(5-2)13-9-6-8-12-16(3)18-14-10-7-11-15-18/h4,6-7,9-11,14-17H,1,5,8,12-13H2,2-3H3. The van der Waals surface area contributed by atoms with Crippen LogP contribution >= 0.6 is 0 Å². The molecule has 0 saturated carbocycles. The lowest BCUT2D eigenvalue weighted by atomic mass is 9.96. The zero-order chi connectivity index (χ0) is 13.2. The fourth-order valence-corrected chi connectivity index (χ4v) is 2.11. The van der Waals surface area contributed by atoms with Gasteiger partial charge < -0.3 is 0 Å². The van der Waals surface area contributed by atoms with Gasteiger partial charge in [-0.2, -0.15) is 0 Å². The largest absolute Gasteiger partial charge is 0.103 e. The summed E-state index contributed by atoms with van der Waals surface area (Å²) in [7, 11) is 0. The molecule has 18 heavy (non-hydrogen) atoms. The third kappa shape index (κ3) is 5.35. The van der Waals surface area contributed by atoms with Crippen LogP contribution in [0.15, 0.2) is 55.1 Å². The van der Waals surface area contributed by atoms with Gasteiger partial charge in [0.25, 0.3) is 0 Å². The van der Waals surface area contributed by atoms with E-state index in [-0.39, 0.29) is 0 Å². The van der Waals surface area contributed by atoms with Crippen molar-refractivity contribution in [3.05, 3.63) is 60.7 Å². The normalized spacial score (nSPS) is 14.6. The summed E-state index contributed by atoms with van der Waals surface area (Å²) >= 11 is 0. The Balaban J connectivity index is 2.25. The molecule has 0 aromatic heterocycles. The van der Waals surface area contributed by atoms with Gasteiger partial charge in [-0.1, -0.05) is 62.4 Å². The summed E-state index contributed by atoms with van der Waals surface area (Å²) in [6, 6.07) is 10.8. The van der Waals surface area contributed by atoms with Crippen molar-refractivity contribution >= 4 is 0 Å². The molecule has 0 aliphatic rings. The summed E-state index contributed by atoms with van der Waals surface area (Å²) in [5, 5.41) is 0. The number of hydrogen-bond donors (Lipinski definition) is 0. The Bertz CT molecular complexity index is 348. The molecule has 2 unspecified atom stereocenters. The third-order valence-corrected chi connectivity index (χ3v) is 3.60. The van der Waals surface area contributed by atoms with Crippen molar-refractivity contribution in [2.24, 2.45) is 5.92 Å². The number of hydrogen-bond acceptors (Lipinski definition) is 0. The van der Waals surface area contributed by atoms with Gasteiger partial charge >= 0.3 is 0 Å². The highest BCUT2D eigenvalue weighted by atomic mass is 14.1. The lowest BCUT2D eigenvalue weighted by Crippen LogP contribution is -1.92. The lowest BCUT2D eigenvalue weighted by molar-refractivity contribution is 0.635. The van der Waals surface area contributed by atoms with Crippen molar-refractivity contribution < 1.29 is 0 Å². The van der Waals surface area contributed by atoms with E-state index in [1.807, 2.05) is 0 Å². The van der Waals surface area contributed by atoms with Gasteiger partial charge in [-0.05, 0) is 43.1 Å². The maximum Gasteiger partial charge on any atom is -0.0187 e. The molecule has 0 N–H and O–H groups in total. The zero-order valence-electron chi connectivity index (χ0n) is 11.8. The molecular weight excluding hydrogens is 216 g/mol. The SMILES string of the molecule is C=CC(CC)CC=CCCC(C)c1ccccc1. The molecule has 1 aromatic rings. The molecule has 0 aliphatic carbocycles. The van der Waals surface area contributed by atoms with Crippen molar-refractivity contribution in [2.45, 2.75) is 45.4 Å². The Morgan fingerprint density at radius 1 is 1.17 bits per heavy atom. The summed E-state index contributed by atoms with van der Waals surface area (Å²) in [4.78, 5) is 0. The molecule has 0 heterocycles. The third-order valence-electron chi connectivity index (χ3n) is 3.60. The van der Waals surface area contributed by atoms with Crippen LogP contribution in [0.2, 0.25) is 0 Å². The van der Waals surface area contributed by atoms with Crippen molar-refractivity contribution in [1.82, 2.24) is 0 Å². The minimum absolute atomic E-state index is 0.646. The molecule has 0 fully saturated rings. The first-order valence-electron chi connectivity index (χ1n) is 7.10. The summed E-state index contributed by atoms with van der Waals surface area (Å²) < 4.78 is 0. The molecule has 0 nitrogen and oxygen atoms in total. The maximum atomic E-state index is 3.86. The van der Waals surface area contributed by atoms with Gasteiger partial charge in [0, 0.05) is 0 Å². The second kappa shape index (κ2) is 8.74. The highest BCUT2D eigenvalue weighted by molar-refractivity contribution is 5.18. The molecule has 0 spiro atoms. The molecule has 0 radical (unpaired) electrons. The van der Waals surface area contributed by atoms with Crippen LogP contribution in [-0.2, 0) is 0 Å². The number of allylic oxidation sites excluding steroid dienone is 3. The van der Waals surface area contributed by atoms with Crippen LogP contribution < -0.4 is 0 Å². The number of rotatable bonds is 8. The van der Waals surface area contributed by atoms with Gasteiger partial charge in [0.1, 0.15) is 0 Å². The summed E-state index contributed by atoms with van der Waals surface area (Å²) in [5.74, 6) is 1.30. The van der Waals surface area contributed by atoms with E-state index in [2.05, 4.69) is 69.0 Å². The van der Waals surface area contributed by atoms with Gasteiger partial charge in [0.05, 0.1) is 0 Å². The van der Waals surface area contributed by atoms with Gasteiger partial charge in [-0.3, -0.25) is 0 Å². The molecule has 0 aliphatic heterocycles. The molecule has 0 amide bonds. The fourth-order valence-electron chi connectivity index (χ4n) is 2.11. The van der Waals surface area contributed by atoms with Crippen molar-refractivity contribution in [2.75, 3.05) is 0 Å². The Morgan fingerprint density at radius 2 is 1.89 bits per heavy atom. The van der Waals surface area contributed by atoms with Crippen LogP contribution in [0, 0.1) is 5.92 Å². The van der Waals surface area contributed by atoms with E-state index in [0.29, 0.717) is 11.8 Å². The second-order valence-electron chi connectivity index (χ2n) is 5.00. The maximum absolute atomic E-state index is 3.86. The van der Waals surface area contributed by atoms with E-state index in [9.17, 15) is 0 Å². The van der Waals surface area contributed by atoms with E-state index in [1.54, 1.807) is 0 Å². The molecule has 1 rings (SSSR count). The molecule has 0 heteroatoms. The van der Waals surface area contributed by atoms with E-state index < -0.39 is 0 Å². The van der Waals surface area contributed by atoms with E-state index in [1.165, 1.54) is 24.8 Å². The first kappa shape index (κ1) is 14.8. The lowest BCUT2D eigenvalue weighted by Gasteiger charge is -2.10. The Labute approximate surface area is 112 Å². The first-order chi connectivity index (χ1) is 8.77. The van der Waals surface area contributed by atoms with Crippen LogP contribution in [0.3, 0.4) is 0 Å². The molecule has 2 atom stereocenters. The highest BCUT2D eigenvalue weighted by Crippen LogP contribution is 2.20. The van der Waals surface area contributed by atoms with E-state index in [4.69, 9.17) is 0 Å². The van der Waals surface area contributed by atoms with E-state index >= 15 is 0 Å². The van der Waals surface area contributed by atoms with Crippen LogP contribution in [-0.4, -0.2) is 0 Å². The van der Waals surface area contributed by atoms with Gasteiger partial charge in [0.2, 0.25) is 0 Å². The summed E-state index contributed by atoms with van der Waals surface area (Å²) in [6.07, 6.45) is 11.4. The highest BCUT2D eigenvalue weighted by Gasteiger charge is 2.02. The van der Waals surface area contributed by atoms with Gasteiger partial charge in [-0.25, -0.2) is 0 Å². The minimum atomic E-state index is 0.646. The van der Waals surface area contributed by atoms with Crippen molar-refractivity contribution in [3.8, 4) is 0 Å². The van der Waals surface area contributed by atoms with Crippen LogP contribution in [0.4, 0.5) is 0 Å². The molecule has 0 bridgehead atoms. The zero-order valence-corrected chi connectivity index (χ0v) is 11.8. The van der Waals surface area contributed by atoms with Crippen molar-refractivity contribution in [1.29, 1.82) is 0 Å². The van der Waals surface area contributed by atoms with Crippen LogP contribution in [0.5, 0.6) is 0 Å². The van der Waals surface area contributed by atoms with E-state index in [0.717, 1.165) is 6.42 Å². The Morgan fingerprint density at radius 3 is 2.50 bits per heavy atom. The minimum Gasteiger partial charge on any atom is -0.103 e. The fraction of sp³-hybridized carbons (Fsp3) is 0.444. The molecule has 0 saturated heterocycles. The van der Waals surface area contributed by atoms with Crippen LogP contribution in [0.1, 0.15) is 51.0 Å². The van der Waals surface area contributed by atoms with Crippen LogP contribution in [0.25, 0.3) is 0 Å². The Hall–Kier alpha value is -1.30. The van der Waals surface area contributed by atoms with Crippen molar-refractivity contribution in [3.63, 3.8) is 0 Å². The average Bonchev–Trinajstić information content (AvgIpc) is 2.43. The van der Waals surface area contributed by atoms with Gasteiger partial charge in [-0.15, -0.1) is 6.58 Å². The summed E-state index contributed by atoms with van der Waals surface area (Å²) in [6.45, 7) is 8.39. The first-order valence-corrected chi connectivity index (χ1v) is 7.10. The predicted molar refractivity (Wildman–Crippen MR) is 81.8 cm³/mol. The number of benzene rings is 1. The average molecular weight is 242 g/mol. The van der Waals surface area contributed by atoms with Gasteiger partial charge in [0.15, 0.2) is 0 Å². The molecule has 98 valence electrons. The predicted octanol–water partition coefficient (Wildman–Crippen LogP) is 5.73. The second-order valence-corrected chi connectivity index (χ2v) is 5.00. The quantitative estimate of drug-likeness (QED) is 0.511. The Kier molecular flexibility index (Phi) is 7.17. The summed E-state index contributed by atoms with van der Waals surface area (Å²) in [5.41, 5.74) is 1.45. The monoisotopic (exact) mass is 242 g/mol. The molecule has 1 aromatic carbocycles. The molecular formula is C18H26.